The molecule has 1 aromatic carbocycles. The van der Waals surface area contributed by atoms with Gasteiger partial charge in [0.15, 0.2) is 0 Å². The maximum Gasteiger partial charge on any atom is 0.341 e. The Morgan fingerprint density at radius 3 is 2.24 bits per heavy atom. The smallest absolute Gasteiger partial charge is 0.341 e. The van der Waals surface area contributed by atoms with Gasteiger partial charge in [-0.05, 0) is 37.5 Å². The third-order valence-electron chi connectivity index (χ3n) is 3.91. The van der Waals surface area contributed by atoms with Crippen molar-refractivity contribution in [3.8, 4) is 5.75 Å². The molecule has 2 aromatic rings. The Morgan fingerprint density at radius 1 is 1.16 bits per heavy atom. The van der Waals surface area contributed by atoms with E-state index < -0.39 is 5.97 Å². The van der Waals surface area contributed by atoms with E-state index in [4.69, 9.17) is 9.47 Å². The highest BCUT2D eigenvalue weighted by atomic mass is 16.5. The number of hydrogen-bond donors (Lipinski definition) is 1. The molecule has 0 spiro atoms. The van der Waals surface area contributed by atoms with Crippen LogP contribution < -0.4 is 10.1 Å². The third-order valence-corrected chi connectivity index (χ3v) is 3.91. The average molecular weight is 343 g/mol. The predicted molar refractivity (Wildman–Crippen MR) is 96.9 cm³/mol. The van der Waals surface area contributed by atoms with Gasteiger partial charge < -0.3 is 14.8 Å². The van der Waals surface area contributed by atoms with E-state index >= 15 is 0 Å². The van der Waals surface area contributed by atoms with Crippen molar-refractivity contribution in [1.29, 1.82) is 0 Å². The highest BCUT2D eigenvalue weighted by Crippen LogP contribution is 2.48. The fraction of sp³-hybridized carbons (Fsp3) is 0.421. The number of methoxy groups -OCH3 is 1. The molecule has 0 saturated heterocycles. The summed E-state index contributed by atoms with van der Waals surface area (Å²) < 4.78 is 10.1. The number of nitrogens with one attached hydrogen (secondary N) is 1. The molecule has 0 radical (unpaired) electrons. The van der Waals surface area contributed by atoms with Crippen LogP contribution in [-0.4, -0.2) is 29.7 Å². The van der Waals surface area contributed by atoms with Gasteiger partial charge in [-0.2, -0.15) is 0 Å². The molecule has 6 nitrogen and oxygen atoms in total. The zero-order valence-corrected chi connectivity index (χ0v) is 15.2. The summed E-state index contributed by atoms with van der Waals surface area (Å²) in [6.07, 6.45) is 5.00. The largest absolute Gasteiger partial charge is 0.497 e. The van der Waals surface area contributed by atoms with E-state index in [1.165, 1.54) is 18.0 Å². The second-order valence-corrected chi connectivity index (χ2v) is 5.45. The maximum atomic E-state index is 11.6. The number of benzene rings is 1. The van der Waals surface area contributed by atoms with Gasteiger partial charge in [-0.15, -0.1) is 0 Å². The Morgan fingerprint density at radius 2 is 1.76 bits per heavy atom. The SMILES string of the molecule is CC.CCOC(=O)c1cnc(NC2(c3ccc(OC)cc3)CC2)nc1. The lowest BCUT2D eigenvalue weighted by Crippen LogP contribution is -2.20. The van der Waals surface area contributed by atoms with Crippen molar-refractivity contribution in [2.75, 3.05) is 19.0 Å². The van der Waals surface area contributed by atoms with Crippen LogP contribution in [0, 0.1) is 0 Å². The monoisotopic (exact) mass is 343 g/mol. The van der Waals surface area contributed by atoms with Gasteiger partial charge in [0.1, 0.15) is 5.75 Å². The van der Waals surface area contributed by atoms with Gasteiger partial charge in [-0.25, -0.2) is 14.8 Å². The lowest BCUT2D eigenvalue weighted by Gasteiger charge is -2.18. The molecular formula is C19H25N3O3. The van der Waals surface area contributed by atoms with Gasteiger partial charge in [0.25, 0.3) is 0 Å². The Kier molecular flexibility index (Phi) is 6.33. The van der Waals surface area contributed by atoms with Gasteiger partial charge in [-0.3, -0.25) is 0 Å². The number of rotatable bonds is 6. The molecular weight excluding hydrogens is 318 g/mol. The number of ether oxygens (including phenoxy) is 2. The van der Waals surface area contributed by atoms with Gasteiger partial charge >= 0.3 is 5.97 Å². The van der Waals surface area contributed by atoms with Crippen molar-refractivity contribution in [1.82, 2.24) is 9.97 Å². The van der Waals surface area contributed by atoms with Crippen LogP contribution in [-0.2, 0) is 10.3 Å². The summed E-state index contributed by atoms with van der Waals surface area (Å²) in [5.41, 5.74) is 1.40. The molecule has 0 unspecified atom stereocenters. The molecule has 1 aliphatic rings. The molecule has 1 heterocycles. The van der Waals surface area contributed by atoms with Crippen molar-refractivity contribution < 1.29 is 14.3 Å². The van der Waals surface area contributed by atoms with E-state index in [-0.39, 0.29) is 5.54 Å². The van der Waals surface area contributed by atoms with E-state index in [0.717, 1.165) is 18.6 Å². The van der Waals surface area contributed by atoms with Crippen molar-refractivity contribution in [2.45, 2.75) is 39.2 Å². The fourth-order valence-corrected chi connectivity index (χ4v) is 2.45. The number of aromatic nitrogens is 2. The fourth-order valence-electron chi connectivity index (χ4n) is 2.45. The molecule has 3 rings (SSSR count). The van der Waals surface area contributed by atoms with E-state index in [1.807, 2.05) is 38.1 Å². The molecule has 0 amide bonds. The van der Waals surface area contributed by atoms with Crippen molar-refractivity contribution in [3.63, 3.8) is 0 Å². The van der Waals surface area contributed by atoms with Crippen molar-refractivity contribution in [2.24, 2.45) is 0 Å². The first kappa shape index (κ1) is 18.7. The number of anilines is 1. The number of hydrogen-bond acceptors (Lipinski definition) is 6. The molecule has 25 heavy (non-hydrogen) atoms. The van der Waals surface area contributed by atoms with Crippen molar-refractivity contribution in [3.05, 3.63) is 47.8 Å². The second-order valence-electron chi connectivity index (χ2n) is 5.45. The lowest BCUT2D eigenvalue weighted by atomic mass is 10.1. The molecule has 1 N–H and O–H groups in total. The molecule has 0 aliphatic heterocycles. The second kappa shape index (κ2) is 8.46. The summed E-state index contributed by atoms with van der Waals surface area (Å²) in [5.74, 6) is 0.932. The molecule has 1 aromatic heterocycles. The zero-order valence-electron chi connectivity index (χ0n) is 15.2. The summed E-state index contributed by atoms with van der Waals surface area (Å²) in [4.78, 5) is 20.0. The molecule has 134 valence electrons. The highest BCUT2D eigenvalue weighted by molar-refractivity contribution is 5.88. The predicted octanol–water partition coefficient (Wildman–Crippen LogP) is 3.79. The van der Waals surface area contributed by atoms with Crippen molar-refractivity contribution >= 4 is 11.9 Å². The Bertz CT molecular complexity index is 680. The molecule has 0 bridgehead atoms. The van der Waals surface area contributed by atoms with E-state index in [1.54, 1.807) is 14.0 Å². The number of carbonyl (C=O) groups is 1. The Balaban J connectivity index is 0.00000109. The minimum absolute atomic E-state index is 0.127. The summed E-state index contributed by atoms with van der Waals surface area (Å²) in [5, 5.41) is 3.37. The van der Waals surface area contributed by atoms with Crippen LogP contribution >= 0.6 is 0 Å². The quantitative estimate of drug-likeness (QED) is 0.805. The van der Waals surface area contributed by atoms with Crippen LogP contribution in [0.15, 0.2) is 36.7 Å². The van der Waals surface area contributed by atoms with Gasteiger partial charge in [0, 0.05) is 12.4 Å². The minimum Gasteiger partial charge on any atom is -0.497 e. The number of carbonyl (C=O) groups excluding carboxylic acids is 1. The molecule has 6 heteroatoms. The first-order valence-corrected chi connectivity index (χ1v) is 8.59. The maximum absolute atomic E-state index is 11.6. The van der Waals surface area contributed by atoms with Gasteiger partial charge in [-0.1, -0.05) is 26.0 Å². The van der Waals surface area contributed by atoms with Crippen LogP contribution in [0.1, 0.15) is 49.5 Å². The first-order valence-electron chi connectivity index (χ1n) is 8.59. The van der Waals surface area contributed by atoms with Gasteiger partial charge in [0.2, 0.25) is 5.95 Å². The van der Waals surface area contributed by atoms with Gasteiger partial charge in [0.05, 0.1) is 24.8 Å². The number of nitrogens with zero attached hydrogens (tertiary/aromatic N) is 2. The summed E-state index contributed by atoms with van der Waals surface area (Å²) in [6.45, 7) is 6.10. The summed E-state index contributed by atoms with van der Waals surface area (Å²) >= 11 is 0. The molecule has 1 aliphatic carbocycles. The standard InChI is InChI=1S/C17H19N3O3.C2H6/c1-3-23-15(21)12-10-18-16(19-11-12)20-17(8-9-17)13-4-6-14(22-2)7-5-13;1-2/h4-7,10-11H,3,8-9H2,1-2H3,(H,18,19,20);1-2H3. The normalized spacial score (nSPS) is 13.9. The van der Waals surface area contributed by atoms with Crippen LogP contribution in [0.5, 0.6) is 5.75 Å². The van der Waals surface area contributed by atoms with E-state index in [2.05, 4.69) is 15.3 Å². The van der Waals surface area contributed by atoms with E-state index in [9.17, 15) is 4.79 Å². The Hall–Kier alpha value is -2.63. The molecule has 1 fully saturated rings. The Labute approximate surface area is 148 Å². The summed E-state index contributed by atoms with van der Waals surface area (Å²) in [6, 6.07) is 7.99. The minimum atomic E-state index is -0.407. The highest BCUT2D eigenvalue weighted by Gasteiger charge is 2.45. The molecule has 0 atom stereocenters. The van der Waals surface area contributed by atoms with Crippen LogP contribution in [0.2, 0.25) is 0 Å². The van der Waals surface area contributed by atoms with E-state index in [0.29, 0.717) is 18.1 Å². The zero-order chi connectivity index (χ0) is 18.3. The first-order chi connectivity index (χ1) is 12.2. The summed E-state index contributed by atoms with van der Waals surface area (Å²) in [7, 11) is 1.65. The lowest BCUT2D eigenvalue weighted by molar-refractivity contribution is 0.0525. The van der Waals surface area contributed by atoms with Crippen LogP contribution in [0.25, 0.3) is 0 Å². The van der Waals surface area contributed by atoms with Crippen LogP contribution in [0.4, 0.5) is 5.95 Å². The average Bonchev–Trinajstić information content (AvgIpc) is 3.45. The third kappa shape index (κ3) is 4.47. The van der Waals surface area contributed by atoms with Crippen LogP contribution in [0.3, 0.4) is 0 Å². The topological polar surface area (TPSA) is 73.3 Å². The molecule has 1 saturated carbocycles. The number of esters is 1.